The lowest BCUT2D eigenvalue weighted by Crippen LogP contribution is -2.23. The van der Waals surface area contributed by atoms with Crippen LogP contribution in [0.25, 0.3) is 0 Å². The fourth-order valence-electron chi connectivity index (χ4n) is 3.01. The van der Waals surface area contributed by atoms with Crippen molar-refractivity contribution in [2.24, 2.45) is 0 Å². The van der Waals surface area contributed by atoms with E-state index >= 15 is 0 Å². The second-order valence-corrected chi connectivity index (χ2v) is 5.73. The molecular formula is C15H21N5O. The van der Waals surface area contributed by atoms with Crippen molar-refractivity contribution in [2.75, 3.05) is 5.32 Å². The van der Waals surface area contributed by atoms with Gasteiger partial charge in [-0.3, -0.25) is 9.48 Å². The molecule has 1 N–H and O–H groups in total. The van der Waals surface area contributed by atoms with Crippen molar-refractivity contribution in [3.05, 3.63) is 29.7 Å². The minimum absolute atomic E-state index is 0.0686. The van der Waals surface area contributed by atoms with E-state index in [4.69, 9.17) is 0 Å². The minimum Gasteiger partial charge on any atom is -0.309 e. The molecule has 1 amide bonds. The topological polar surface area (TPSA) is 64.7 Å². The molecule has 112 valence electrons. The molecular weight excluding hydrogens is 266 g/mol. The smallest absolute Gasteiger partial charge is 0.247 e. The Hall–Kier alpha value is -2.11. The molecule has 0 bridgehead atoms. The summed E-state index contributed by atoms with van der Waals surface area (Å²) in [6, 6.07) is 4.25. The second kappa shape index (κ2) is 5.71. The average Bonchev–Trinajstić information content (AvgIpc) is 3.11. The predicted molar refractivity (Wildman–Crippen MR) is 80.1 cm³/mol. The Balaban J connectivity index is 1.68. The first-order valence-electron chi connectivity index (χ1n) is 7.48. The number of nitrogens with one attached hydrogen (secondary N) is 1. The highest BCUT2D eigenvalue weighted by atomic mass is 16.2. The molecule has 2 heterocycles. The summed E-state index contributed by atoms with van der Waals surface area (Å²) in [5.41, 5.74) is 1.92. The summed E-state index contributed by atoms with van der Waals surface area (Å²) in [7, 11) is 0. The standard InChI is InChI=1S/C15H21N5O/c1-11-9-12(2)19(18-11)10-15(21)17-14-7-8-16-20(14)13-5-3-4-6-13/h7-9,13H,3-6,10H2,1-2H3,(H,17,21). The molecule has 1 saturated carbocycles. The number of aryl methyl sites for hydroxylation is 2. The van der Waals surface area contributed by atoms with Gasteiger partial charge in [0.1, 0.15) is 12.4 Å². The number of aromatic nitrogens is 4. The summed E-state index contributed by atoms with van der Waals surface area (Å²) < 4.78 is 3.67. The number of carbonyl (C=O) groups excluding carboxylic acids is 1. The van der Waals surface area contributed by atoms with E-state index in [0.717, 1.165) is 30.0 Å². The van der Waals surface area contributed by atoms with E-state index in [2.05, 4.69) is 15.5 Å². The van der Waals surface area contributed by atoms with Gasteiger partial charge in [-0.2, -0.15) is 10.2 Å². The van der Waals surface area contributed by atoms with E-state index in [0.29, 0.717) is 6.04 Å². The number of anilines is 1. The molecule has 6 nitrogen and oxygen atoms in total. The van der Waals surface area contributed by atoms with Crippen LogP contribution in [0, 0.1) is 13.8 Å². The van der Waals surface area contributed by atoms with Crippen molar-refractivity contribution in [3.63, 3.8) is 0 Å². The van der Waals surface area contributed by atoms with Gasteiger partial charge in [-0.1, -0.05) is 12.8 Å². The van der Waals surface area contributed by atoms with Gasteiger partial charge >= 0.3 is 0 Å². The molecule has 1 aliphatic rings. The molecule has 0 spiro atoms. The molecule has 0 aliphatic heterocycles. The molecule has 0 aromatic carbocycles. The van der Waals surface area contributed by atoms with Crippen molar-refractivity contribution in [1.82, 2.24) is 19.6 Å². The first-order chi connectivity index (χ1) is 10.1. The first-order valence-corrected chi connectivity index (χ1v) is 7.48. The zero-order valence-corrected chi connectivity index (χ0v) is 12.5. The van der Waals surface area contributed by atoms with Gasteiger partial charge in [0.25, 0.3) is 0 Å². The maximum atomic E-state index is 12.2. The fourth-order valence-corrected chi connectivity index (χ4v) is 3.01. The second-order valence-electron chi connectivity index (χ2n) is 5.73. The van der Waals surface area contributed by atoms with Crippen LogP contribution in [0.4, 0.5) is 5.82 Å². The van der Waals surface area contributed by atoms with Gasteiger partial charge < -0.3 is 5.32 Å². The number of hydrogen-bond donors (Lipinski definition) is 1. The largest absolute Gasteiger partial charge is 0.309 e. The fraction of sp³-hybridized carbons (Fsp3) is 0.533. The zero-order chi connectivity index (χ0) is 14.8. The van der Waals surface area contributed by atoms with Crippen LogP contribution in [0.5, 0.6) is 0 Å². The van der Waals surface area contributed by atoms with Gasteiger partial charge in [0, 0.05) is 11.8 Å². The van der Waals surface area contributed by atoms with Gasteiger partial charge in [0.15, 0.2) is 0 Å². The molecule has 0 unspecified atom stereocenters. The third-order valence-electron chi connectivity index (χ3n) is 4.01. The van der Waals surface area contributed by atoms with Crippen LogP contribution in [-0.2, 0) is 11.3 Å². The predicted octanol–water partition coefficient (Wildman–Crippen LogP) is 2.45. The third-order valence-corrected chi connectivity index (χ3v) is 4.01. The van der Waals surface area contributed by atoms with E-state index < -0.39 is 0 Å². The van der Waals surface area contributed by atoms with Crippen molar-refractivity contribution in [1.29, 1.82) is 0 Å². The normalized spacial score (nSPS) is 15.5. The van der Waals surface area contributed by atoms with E-state index in [9.17, 15) is 4.79 Å². The Morgan fingerprint density at radius 2 is 2.14 bits per heavy atom. The van der Waals surface area contributed by atoms with Crippen LogP contribution in [0.2, 0.25) is 0 Å². The Morgan fingerprint density at radius 1 is 1.38 bits per heavy atom. The van der Waals surface area contributed by atoms with Crippen LogP contribution >= 0.6 is 0 Å². The number of rotatable bonds is 4. The zero-order valence-electron chi connectivity index (χ0n) is 12.5. The average molecular weight is 287 g/mol. The molecule has 6 heteroatoms. The van der Waals surface area contributed by atoms with Gasteiger partial charge in [0.2, 0.25) is 5.91 Å². The van der Waals surface area contributed by atoms with E-state index in [1.54, 1.807) is 10.9 Å². The highest BCUT2D eigenvalue weighted by molar-refractivity contribution is 5.89. The molecule has 0 atom stereocenters. The third kappa shape index (κ3) is 2.99. The summed E-state index contributed by atoms with van der Waals surface area (Å²) in [4.78, 5) is 12.2. The van der Waals surface area contributed by atoms with Crippen molar-refractivity contribution >= 4 is 11.7 Å². The lowest BCUT2D eigenvalue weighted by atomic mass is 10.2. The molecule has 2 aromatic heterocycles. The first kappa shape index (κ1) is 13.9. The molecule has 3 rings (SSSR count). The van der Waals surface area contributed by atoms with Crippen molar-refractivity contribution in [2.45, 2.75) is 52.1 Å². The SMILES string of the molecule is Cc1cc(C)n(CC(=O)Nc2ccnn2C2CCCC2)n1. The Morgan fingerprint density at radius 3 is 2.81 bits per heavy atom. The van der Waals surface area contributed by atoms with Crippen LogP contribution in [0.3, 0.4) is 0 Å². The van der Waals surface area contributed by atoms with Crippen LogP contribution in [-0.4, -0.2) is 25.5 Å². The number of amides is 1. The number of carbonyl (C=O) groups is 1. The molecule has 0 saturated heterocycles. The Bertz CT molecular complexity index is 636. The van der Waals surface area contributed by atoms with Gasteiger partial charge in [-0.05, 0) is 32.8 Å². The molecule has 2 aromatic rings. The van der Waals surface area contributed by atoms with Crippen molar-refractivity contribution < 1.29 is 4.79 Å². The summed E-state index contributed by atoms with van der Waals surface area (Å²) in [5, 5.41) is 11.6. The molecule has 21 heavy (non-hydrogen) atoms. The number of hydrogen-bond acceptors (Lipinski definition) is 3. The van der Waals surface area contributed by atoms with Crippen LogP contribution in [0.1, 0.15) is 43.1 Å². The Labute approximate surface area is 124 Å². The van der Waals surface area contributed by atoms with Crippen LogP contribution < -0.4 is 5.32 Å². The van der Waals surface area contributed by atoms with Crippen LogP contribution in [0.15, 0.2) is 18.3 Å². The maximum absolute atomic E-state index is 12.2. The van der Waals surface area contributed by atoms with E-state index in [-0.39, 0.29) is 12.5 Å². The van der Waals surface area contributed by atoms with Gasteiger partial charge in [-0.25, -0.2) is 4.68 Å². The highest BCUT2D eigenvalue weighted by Gasteiger charge is 2.20. The van der Waals surface area contributed by atoms with E-state index in [1.807, 2.05) is 30.7 Å². The lowest BCUT2D eigenvalue weighted by molar-refractivity contribution is -0.117. The Kier molecular flexibility index (Phi) is 3.77. The maximum Gasteiger partial charge on any atom is 0.247 e. The van der Waals surface area contributed by atoms with Gasteiger partial charge in [0.05, 0.1) is 17.9 Å². The summed E-state index contributed by atoms with van der Waals surface area (Å²) in [6.07, 6.45) is 6.51. The summed E-state index contributed by atoms with van der Waals surface area (Å²) in [6.45, 7) is 4.11. The number of nitrogens with zero attached hydrogens (tertiary/aromatic N) is 4. The lowest BCUT2D eigenvalue weighted by Gasteiger charge is -2.14. The summed E-state index contributed by atoms with van der Waals surface area (Å²) >= 11 is 0. The minimum atomic E-state index is -0.0686. The molecule has 1 fully saturated rings. The monoisotopic (exact) mass is 287 g/mol. The molecule has 1 aliphatic carbocycles. The highest BCUT2D eigenvalue weighted by Crippen LogP contribution is 2.31. The quantitative estimate of drug-likeness (QED) is 0.939. The summed E-state index contributed by atoms with van der Waals surface area (Å²) in [5.74, 6) is 0.717. The van der Waals surface area contributed by atoms with Gasteiger partial charge in [-0.15, -0.1) is 0 Å². The van der Waals surface area contributed by atoms with Crippen molar-refractivity contribution in [3.8, 4) is 0 Å². The van der Waals surface area contributed by atoms with E-state index in [1.165, 1.54) is 12.8 Å². The molecule has 0 radical (unpaired) electrons.